The Morgan fingerprint density at radius 3 is 2.35 bits per heavy atom. The van der Waals surface area contributed by atoms with Gasteiger partial charge in [0, 0.05) is 28.1 Å². The van der Waals surface area contributed by atoms with Crippen molar-refractivity contribution in [3.63, 3.8) is 0 Å². The summed E-state index contributed by atoms with van der Waals surface area (Å²) < 4.78 is 6.14. The van der Waals surface area contributed by atoms with E-state index in [1.165, 1.54) is 0 Å². The van der Waals surface area contributed by atoms with Gasteiger partial charge in [-0.25, -0.2) is 0 Å². The maximum Gasteiger partial charge on any atom is 0.254 e. The average Bonchev–Trinajstić information content (AvgIpc) is 2.69. The van der Waals surface area contributed by atoms with Crippen LogP contribution in [0.3, 0.4) is 0 Å². The maximum absolute atomic E-state index is 12.8. The summed E-state index contributed by atoms with van der Waals surface area (Å²) in [6.45, 7) is 3.25. The van der Waals surface area contributed by atoms with Crippen molar-refractivity contribution in [2.45, 2.75) is 19.8 Å². The molecule has 4 nitrogen and oxygen atoms in total. The summed E-state index contributed by atoms with van der Waals surface area (Å²) in [6, 6.07) is 13.1. The standard InChI is InChI=1S/C21H22INO3/c1-14-4-3-5-18(19(14)22)21(25)23-12-10-16(11-13-23)20(24)15-6-8-17(26-2)9-7-15/h3-9,16H,10-13H2,1-2H3. The molecule has 0 unspecified atom stereocenters. The predicted molar refractivity (Wildman–Crippen MR) is 110 cm³/mol. The Bertz CT molecular complexity index is 809. The molecule has 5 heteroatoms. The van der Waals surface area contributed by atoms with Crippen LogP contribution in [0.15, 0.2) is 42.5 Å². The van der Waals surface area contributed by atoms with Crippen LogP contribution in [0.1, 0.15) is 39.1 Å². The summed E-state index contributed by atoms with van der Waals surface area (Å²) >= 11 is 2.23. The van der Waals surface area contributed by atoms with E-state index < -0.39 is 0 Å². The number of likely N-dealkylation sites (tertiary alicyclic amines) is 1. The van der Waals surface area contributed by atoms with Crippen molar-refractivity contribution < 1.29 is 14.3 Å². The molecule has 1 aliphatic rings. The van der Waals surface area contributed by atoms with E-state index >= 15 is 0 Å². The molecule has 1 fully saturated rings. The normalized spacial score (nSPS) is 15.0. The second-order valence-electron chi connectivity index (χ2n) is 6.60. The van der Waals surface area contributed by atoms with Crippen LogP contribution < -0.4 is 4.74 Å². The first-order valence-electron chi connectivity index (χ1n) is 8.74. The molecule has 0 radical (unpaired) electrons. The van der Waals surface area contributed by atoms with Gasteiger partial charge in [-0.15, -0.1) is 0 Å². The van der Waals surface area contributed by atoms with Crippen LogP contribution in [0.25, 0.3) is 0 Å². The topological polar surface area (TPSA) is 46.6 Å². The van der Waals surface area contributed by atoms with E-state index in [2.05, 4.69) is 22.6 Å². The molecule has 2 aromatic rings. The van der Waals surface area contributed by atoms with Crippen molar-refractivity contribution in [3.8, 4) is 5.75 Å². The van der Waals surface area contributed by atoms with Crippen LogP contribution in [-0.4, -0.2) is 36.8 Å². The zero-order valence-electron chi connectivity index (χ0n) is 15.0. The highest BCUT2D eigenvalue weighted by atomic mass is 127. The van der Waals surface area contributed by atoms with Crippen molar-refractivity contribution in [2.75, 3.05) is 20.2 Å². The van der Waals surface area contributed by atoms with Gasteiger partial charge in [0.05, 0.1) is 12.7 Å². The number of nitrogens with zero attached hydrogens (tertiary/aromatic N) is 1. The largest absolute Gasteiger partial charge is 0.497 e. The Balaban J connectivity index is 1.64. The minimum absolute atomic E-state index is 0.0240. The first-order chi connectivity index (χ1) is 12.5. The molecule has 0 bridgehead atoms. The number of piperidine rings is 1. The number of Topliss-reactive ketones (excluding diaryl/α,β-unsaturated/α-hetero) is 1. The quantitative estimate of drug-likeness (QED) is 0.501. The summed E-state index contributed by atoms with van der Waals surface area (Å²) in [5, 5.41) is 0. The molecule has 1 heterocycles. The molecule has 136 valence electrons. The Morgan fingerprint density at radius 1 is 1.08 bits per heavy atom. The molecule has 0 aromatic heterocycles. The van der Waals surface area contributed by atoms with Gasteiger partial charge in [-0.1, -0.05) is 12.1 Å². The van der Waals surface area contributed by atoms with E-state index in [0.29, 0.717) is 31.5 Å². The highest BCUT2D eigenvalue weighted by Gasteiger charge is 2.29. The van der Waals surface area contributed by atoms with Crippen molar-refractivity contribution >= 4 is 34.3 Å². The first-order valence-corrected chi connectivity index (χ1v) is 9.81. The molecule has 0 aliphatic carbocycles. The number of methoxy groups -OCH3 is 1. The number of amides is 1. The summed E-state index contributed by atoms with van der Waals surface area (Å²) in [4.78, 5) is 27.4. The molecule has 2 aromatic carbocycles. The Morgan fingerprint density at radius 2 is 1.73 bits per heavy atom. The Labute approximate surface area is 167 Å². The molecule has 0 N–H and O–H groups in total. The molecule has 3 rings (SSSR count). The van der Waals surface area contributed by atoms with Crippen LogP contribution in [0, 0.1) is 16.4 Å². The minimum atomic E-state index is -0.0240. The fourth-order valence-corrected chi connectivity index (χ4v) is 3.91. The number of rotatable bonds is 4. The lowest BCUT2D eigenvalue weighted by molar-refractivity contribution is 0.0649. The molecule has 26 heavy (non-hydrogen) atoms. The molecule has 1 amide bonds. The molecule has 1 saturated heterocycles. The van der Waals surface area contributed by atoms with Gasteiger partial charge in [-0.2, -0.15) is 0 Å². The van der Waals surface area contributed by atoms with Gasteiger partial charge in [-0.05, 0) is 78.3 Å². The third-order valence-corrected chi connectivity index (χ3v) is 6.38. The van der Waals surface area contributed by atoms with Crippen molar-refractivity contribution in [1.82, 2.24) is 4.90 Å². The number of ether oxygens (including phenoxy) is 1. The second kappa shape index (κ2) is 8.20. The van der Waals surface area contributed by atoms with Gasteiger partial charge in [0.25, 0.3) is 5.91 Å². The van der Waals surface area contributed by atoms with Gasteiger partial charge < -0.3 is 9.64 Å². The predicted octanol–water partition coefficient (Wildman–Crippen LogP) is 4.34. The number of carbonyl (C=O) groups excluding carboxylic acids is 2. The third-order valence-electron chi connectivity index (χ3n) is 4.95. The van der Waals surface area contributed by atoms with Crippen LogP contribution in [0.5, 0.6) is 5.75 Å². The number of halogens is 1. The summed E-state index contributed by atoms with van der Waals surface area (Å²) in [5.74, 6) is 0.942. The van der Waals surface area contributed by atoms with E-state index in [0.717, 1.165) is 20.4 Å². The summed E-state index contributed by atoms with van der Waals surface area (Å²) in [5.41, 5.74) is 2.58. The van der Waals surface area contributed by atoms with Gasteiger partial charge >= 0.3 is 0 Å². The average molecular weight is 463 g/mol. The van der Waals surface area contributed by atoms with Crippen LogP contribution in [0.2, 0.25) is 0 Å². The van der Waals surface area contributed by atoms with Crippen molar-refractivity contribution in [2.24, 2.45) is 5.92 Å². The van der Waals surface area contributed by atoms with Gasteiger partial charge in [0.2, 0.25) is 0 Å². The number of hydrogen-bond donors (Lipinski definition) is 0. The molecule has 0 spiro atoms. The molecule has 0 atom stereocenters. The fraction of sp³-hybridized carbons (Fsp3) is 0.333. The lowest BCUT2D eigenvalue weighted by atomic mass is 9.88. The monoisotopic (exact) mass is 463 g/mol. The smallest absolute Gasteiger partial charge is 0.254 e. The summed E-state index contributed by atoms with van der Waals surface area (Å²) in [6.07, 6.45) is 1.41. The molecule has 1 aliphatic heterocycles. The van der Waals surface area contributed by atoms with Crippen LogP contribution in [-0.2, 0) is 0 Å². The second-order valence-corrected chi connectivity index (χ2v) is 7.67. The minimum Gasteiger partial charge on any atom is -0.497 e. The zero-order valence-corrected chi connectivity index (χ0v) is 17.2. The third kappa shape index (κ3) is 3.92. The van der Waals surface area contributed by atoms with Gasteiger partial charge in [-0.3, -0.25) is 9.59 Å². The van der Waals surface area contributed by atoms with Crippen molar-refractivity contribution in [1.29, 1.82) is 0 Å². The lowest BCUT2D eigenvalue weighted by Gasteiger charge is -2.31. The number of benzene rings is 2. The Hall–Kier alpha value is -1.89. The summed E-state index contributed by atoms with van der Waals surface area (Å²) in [7, 11) is 1.61. The number of ketones is 1. The Kier molecular flexibility index (Phi) is 5.96. The van der Waals surface area contributed by atoms with Gasteiger partial charge in [0.1, 0.15) is 5.75 Å². The highest BCUT2D eigenvalue weighted by Crippen LogP contribution is 2.25. The molecule has 0 saturated carbocycles. The van der Waals surface area contributed by atoms with E-state index in [4.69, 9.17) is 4.74 Å². The highest BCUT2D eigenvalue weighted by molar-refractivity contribution is 14.1. The van der Waals surface area contributed by atoms with E-state index in [9.17, 15) is 9.59 Å². The SMILES string of the molecule is COc1ccc(C(=O)C2CCN(C(=O)c3cccc(C)c3I)CC2)cc1. The first kappa shape index (κ1) is 18.9. The van der Waals surface area contributed by atoms with Crippen LogP contribution in [0.4, 0.5) is 0 Å². The fourth-order valence-electron chi connectivity index (χ4n) is 3.32. The van der Waals surface area contributed by atoms with E-state index in [1.54, 1.807) is 7.11 Å². The molecular weight excluding hydrogens is 441 g/mol. The number of carbonyl (C=O) groups is 2. The molecular formula is C21H22INO3. The van der Waals surface area contributed by atoms with Crippen molar-refractivity contribution in [3.05, 3.63) is 62.7 Å². The van der Waals surface area contributed by atoms with E-state index in [-0.39, 0.29) is 17.6 Å². The maximum atomic E-state index is 12.8. The zero-order chi connectivity index (χ0) is 18.7. The van der Waals surface area contributed by atoms with Crippen LogP contribution >= 0.6 is 22.6 Å². The number of aryl methyl sites for hydroxylation is 1. The van der Waals surface area contributed by atoms with E-state index in [1.807, 2.05) is 54.3 Å². The lowest BCUT2D eigenvalue weighted by Crippen LogP contribution is -2.40. The van der Waals surface area contributed by atoms with Gasteiger partial charge in [0.15, 0.2) is 5.78 Å². The number of hydrogen-bond acceptors (Lipinski definition) is 3.